The first kappa shape index (κ1) is 18.1. The number of nitrogens with one attached hydrogen (secondary N) is 1. The van der Waals surface area contributed by atoms with E-state index in [1.807, 2.05) is 13.0 Å². The number of nitrogens with zero attached hydrogens (tertiary/aromatic N) is 3. The average Bonchev–Trinajstić information content (AvgIpc) is 3.23. The number of aryl methyl sites for hydroxylation is 2. The summed E-state index contributed by atoms with van der Waals surface area (Å²) >= 11 is 0. The number of rotatable bonds is 4. The molecule has 8 heteroatoms. The molecule has 0 spiro atoms. The van der Waals surface area contributed by atoms with E-state index in [2.05, 4.69) is 15.1 Å². The van der Waals surface area contributed by atoms with Crippen LogP contribution in [-0.4, -0.2) is 40.2 Å². The Morgan fingerprint density at radius 2 is 1.96 bits per heavy atom. The van der Waals surface area contributed by atoms with Crippen LogP contribution in [0.3, 0.4) is 0 Å². The monoisotopic (exact) mass is 394 g/mol. The Hall–Kier alpha value is -3.26. The molecule has 0 unspecified atom stereocenters. The fourth-order valence-corrected chi connectivity index (χ4v) is 4.00. The summed E-state index contributed by atoms with van der Waals surface area (Å²) in [6, 6.07) is 10.2. The van der Waals surface area contributed by atoms with Crippen molar-refractivity contribution in [3.8, 4) is 11.1 Å². The van der Waals surface area contributed by atoms with Crippen molar-refractivity contribution in [3.05, 3.63) is 65.7 Å². The van der Waals surface area contributed by atoms with Crippen LogP contribution in [0.4, 0.5) is 0 Å². The van der Waals surface area contributed by atoms with Crippen LogP contribution in [0.15, 0.2) is 53.7 Å². The first-order valence-corrected chi connectivity index (χ1v) is 10.5. The summed E-state index contributed by atoms with van der Waals surface area (Å²) in [5, 5.41) is 4.89. The van der Waals surface area contributed by atoms with E-state index in [9.17, 15) is 13.2 Å². The van der Waals surface area contributed by atoms with Crippen molar-refractivity contribution in [2.75, 3.05) is 6.26 Å². The van der Waals surface area contributed by atoms with Crippen LogP contribution in [0, 0.1) is 6.92 Å². The Morgan fingerprint density at radius 3 is 2.64 bits per heavy atom. The molecule has 4 rings (SSSR count). The molecule has 0 fully saturated rings. The lowest BCUT2D eigenvalue weighted by molar-refractivity contribution is 0.103. The molecule has 0 aliphatic rings. The van der Waals surface area contributed by atoms with Gasteiger partial charge in [0.15, 0.2) is 9.84 Å². The smallest absolute Gasteiger partial charge is 0.213 e. The quantitative estimate of drug-likeness (QED) is 0.537. The number of carbonyl (C=O) groups is 1. The zero-order valence-corrected chi connectivity index (χ0v) is 16.4. The number of aromatic amines is 1. The molecule has 28 heavy (non-hydrogen) atoms. The average molecular weight is 394 g/mol. The van der Waals surface area contributed by atoms with Crippen molar-refractivity contribution in [3.63, 3.8) is 0 Å². The van der Waals surface area contributed by atoms with Crippen LogP contribution in [0.2, 0.25) is 0 Å². The Bertz CT molecular complexity index is 1330. The predicted molar refractivity (Wildman–Crippen MR) is 106 cm³/mol. The van der Waals surface area contributed by atoms with Crippen LogP contribution in [0.1, 0.15) is 21.7 Å². The normalized spacial score (nSPS) is 11.8. The molecule has 0 saturated heterocycles. The van der Waals surface area contributed by atoms with Crippen molar-refractivity contribution < 1.29 is 13.2 Å². The van der Waals surface area contributed by atoms with Crippen molar-refractivity contribution in [1.29, 1.82) is 0 Å². The van der Waals surface area contributed by atoms with Gasteiger partial charge in [0.1, 0.15) is 11.3 Å². The molecule has 0 aliphatic heterocycles. The van der Waals surface area contributed by atoms with Gasteiger partial charge in [0.05, 0.1) is 16.2 Å². The van der Waals surface area contributed by atoms with Crippen molar-refractivity contribution >= 4 is 26.7 Å². The van der Waals surface area contributed by atoms with Gasteiger partial charge in [0, 0.05) is 31.1 Å². The number of aromatic nitrogens is 4. The molecule has 1 N–H and O–H groups in total. The molecule has 142 valence electrons. The minimum atomic E-state index is -3.35. The third kappa shape index (κ3) is 3.01. The fraction of sp³-hybridized carbons (Fsp3) is 0.150. The van der Waals surface area contributed by atoms with Gasteiger partial charge >= 0.3 is 0 Å². The standard InChI is InChI=1S/C20H18N4O3S/c1-12-9-17(24(2)23-12)19(25)16-11-22-20-18(16)15(7-8-21-20)13-5-4-6-14(10-13)28(3,26)27/h4-11H,1-3H3,(H,21,22). The second-order valence-electron chi connectivity index (χ2n) is 6.71. The van der Waals surface area contributed by atoms with E-state index in [0.717, 1.165) is 11.3 Å². The van der Waals surface area contributed by atoms with E-state index in [1.165, 1.54) is 6.26 Å². The highest BCUT2D eigenvalue weighted by molar-refractivity contribution is 7.90. The van der Waals surface area contributed by atoms with Crippen LogP contribution in [0.25, 0.3) is 22.2 Å². The minimum Gasteiger partial charge on any atom is -0.345 e. The molecule has 3 aromatic heterocycles. The number of carbonyl (C=O) groups excluding carboxylic acids is 1. The van der Waals surface area contributed by atoms with E-state index in [1.54, 1.807) is 54.5 Å². The van der Waals surface area contributed by atoms with E-state index in [4.69, 9.17) is 0 Å². The van der Waals surface area contributed by atoms with Gasteiger partial charge in [0.25, 0.3) is 0 Å². The second-order valence-corrected chi connectivity index (χ2v) is 8.72. The maximum Gasteiger partial charge on any atom is 0.213 e. The topological polar surface area (TPSA) is 97.7 Å². The number of H-pyrrole nitrogens is 1. The highest BCUT2D eigenvalue weighted by Gasteiger charge is 2.21. The highest BCUT2D eigenvalue weighted by Crippen LogP contribution is 2.32. The molecule has 0 atom stereocenters. The molecule has 0 aliphatic carbocycles. The molecule has 0 bridgehead atoms. The van der Waals surface area contributed by atoms with Gasteiger partial charge in [0.2, 0.25) is 5.78 Å². The maximum atomic E-state index is 13.2. The lowest BCUT2D eigenvalue weighted by Crippen LogP contribution is -2.08. The van der Waals surface area contributed by atoms with Crippen molar-refractivity contribution in [2.24, 2.45) is 7.05 Å². The molecular formula is C20H18N4O3S. The summed E-state index contributed by atoms with van der Waals surface area (Å²) in [4.78, 5) is 20.7. The fourth-order valence-electron chi connectivity index (χ4n) is 3.33. The summed E-state index contributed by atoms with van der Waals surface area (Å²) in [5.41, 5.74) is 3.68. The van der Waals surface area contributed by atoms with Crippen molar-refractivity contribution in [1.82, 2.24) is 19.7 Å². The summed E-state index contributed by atoms with van der Waals surface area (Å²) in [7, 11) is -1.62. The Kier molecular flexibility index (Phi) is 4.15. The van der Waals surface area contributed by atoms with E-state index in [0.29, 0.717) is 27.9 Å². The van der Waals surface area contributed by atoms with Crippen LogP contribution >= 0.6 is 0 Å². The number of hydrogen-bond donors (Lipinski definition) is 1. The van der Waals surface area contributed by atoms with Crippen LogP contribution in [-0.2, 0) is 16.9 Å². The molecule has 7 nitrogen and oxygen atoms in total. The summed E-state index contributed by atoms with van der Waals surface area (Å²) < 4.78 is 25.4. The van der Waals surface area contributed by atoms with Crippen molar-refractivity contribution in [2.45, 2.75) is 11.8 Å². The number of benzene rings is 1. The van der Waals surface area contributed by atoms with E-state index >= 15 is 0 Å². The maximum absolute atomic E-state index is 13.2. The number of fused-ring (bicyclic) bond motifs is 1. The lowest BCUT2D eigenvalue weighted by atomic mass is 9.99. The van der Waals surface area contributed by atoms with Gasteiger partial charge < -0.3 is 4.98 Å². The Labute approximate surface area is 162 Å². The third-order valence-electron chi connectivity index (χ3n) is 4.63. The Morgan fingerprint density at radius 1 is 1.18 bits per heavy atom. The zero-order valence-electron chi connectivity index (χ0n) is 15.6. The number of sulfone groups is 1. The largest absolute Gasteiger partial charge is 0.345 e. The van der Waals surface area contributed by atoms with E-state index in [-0.39, 0.29) is 10.7 Å². The van der Waals surface area contributed by atoms with Gasteiger partial charge in [-0.1, -0.05) is 12.1 Å². The zero-order chi connectivity index (χ0) is 20.1. The van der Waals surface area contributed by atoms with Gasteiger partial charge in [-0.05, 0) is 42.3 Å². The van der Waals surface area contributed by atoms with Gasteiger partial charge in [-0.3, -0.25) is 9.48 Å². The summed E-state index contributed by atoms with van der Waals surface area (Å²) in [6.45, 7) is 1.83. The Balaban J connectivity index is 1.94. The molecule has 0 amide bonds. The van der Waals surface area contributed by atoms with Crippen LogP contribution < -0.4 is 0 Å². The SMILES string of the molecule is Cc1cc(C(=O)c2c[nH]c3nccc(-c4cccc(S(C)(=O)=O)c4)c23)n(C)n1. The van der Waals surface area contributed by atoms with Gasteiger partial charge in [-0.25, -0.2) is 13.4 Å². The second kappa shape index (κ2) is 6.42. The minimum absolute atomic E-state index is 0.178. The summed E-state index contributed by atoms with van der Waals surface area (Å²) in [6.07, 6.45) is 4.43. The van der Waals surface area contributed by atoms with Gasteiger partial charge in [-0.15, -0.1) is 0 Å². The first-order valence-electron chi connectivity index (χ1n) is 8.57. The number of hydrogen-bond acceptors (Lipinski definition) is 5. The van der Waals surface area contributed by atoms with Gasteiger partial charge in [-0.2, -0.15) is 5.10 Å². The number of ketones is 1. The molecule has 1 aromatic carbocycles. The molecule has 0 radical (unpaired) electrons. The third-order valence-corrected chi connectivity index (χ3v) is 5.74. The first-order chi connectivity index (χ1) is 13.3. The van der Waals surface area contributed by atoms with E-state index < -0.39 is 9.84 Å². The summed E-state index contributed by atoms with van der Waals surface area (Å²) in [5.74, 6) is -0.178. The lowest BCUT2D eigenvalue weighted by Gasteiger charge is -2.08. The molecular weight excluding hydrogens is 376 g/mol. The predicted octanol–water partition coefficient (Wildman–Crippen LogP) is 2.91. The highest BCUT2D eigenvalue weighted by atomic mass is 32.2. The molecule has 0 saturated carbocycles. The number of pyridine rings is 1. The molecule has 4 aromatic rings. The van der Waals surface area contributed by atoms with Crippen LogP contribution in [0.5, 0.6) is 0 Å². The molecule has 3 heterocycles.